The molecule has 0 heterocycles. The number of nitrogens with one attached hydrogen (secondary N) is 2. The maximum Gasteiger partial charge on any atom is 0.224 e. The van der Waals surface area contributed by atoms with Crippen LogP contribution in [0.5, 0.6) is 0 Å². The summed E-state index contributed by atoms with van der Waals surface area (Å²) in [7, 11) is 0. The summed E-state index contributed by atoms with van der Waals surface area (Å²) in [5.41, 5.74) is 3.23. The average molecular weight is 363 g/mol. The highest BCUT2D eigenvalue weighted by molar-refractivity contribution is 6.33. The van der Waals surface area contributed by atoms with Gasteiger partial charge in [-0.1, -0.05) is 44.5 Å². The number of carbonyl (C=O) groups excluding carboxylic acids is 1. The van der Waals surface area contributed by atoms with E-state index in [2.05, 4.69) is 10.6 Å². The lowest BCUT2D eigenvalue weighted by molar-refractivity contribution is -0.117. The van der Waals surface area contributed by atoms with E-state index in [4.69, 9.17) is 11.6 Å². The molecule has 0 aromatic heterocycles. The average Bonchev–Trinajstić information content (AvgIpc) is 2.48. The number of amides is 1. The van der Waals surface area contributed by atoms with Gasteiger partial charge in [0.1, 0.15) is 5.82 Å². The van der Waals surface area contributed by atoms with Gasteiger partial charge in [0.15, 0.2) is 0 Å². The highest BCUT2D eigenvalue weighted by Crippen LogP contribution is 2.30. The summed E-state index contributed by atoms with van der Waals surface area (Å²) in [6.45, 7) is 8.49. The van der Waals surface area contributed by atoms with Gasteiger partial charge in [-0.3, -0.25) is 4.79 Å². The molecule has 0 atom stereocenters. The number of hydrogen-bond acceptors (Lipinski definition) is 2. The van der Waals surface area contributed by atoms with Gasteiger partial charge < -0.3 is 10.6 Å². The van der Waals surface area contributed by atoms with Crippen molar-refractivity contribution in [2.45, 2.75) is 40.7 Å². The lowest BCUT2D eigenvalue weighted by Crippen LogP contribution is -2.20. The van der Waals surface area contributed by atoms with Crippen LogP contribution in [0.2, 0.25) is 5.02 Å². The molecule has 2 N–H and O–H groups in total. The summed E-state index contributed by atoms with van der Waals surface area (Å²) < 4.78 is 13.0. The number of hydrogen-bond donors (Lipinski definition) is 2. The third-order valence-electron chi connectivity index (χ3n) is 3.68. The minimum Gasteiger partial charge on any atom is -0.380 e. The van der Waals surface area contributed by atoms with Crippen molar-refractivity contribution in [1.29, 1.82) is 0 Å². The highest BCUT2D eigenvalue weighted by Gasteiger charge is 2.17. The lowest BCUT2D eigenvalue weighted by Gasteiger charge is -2.19. The third-order valence-corrected chi connectivity index (χ3v) is 3.99. The van der Waals surface area contributed by atoms with Crippen molar-refractivity contribution >= 4 is 28.9 Å². The first-order valence-electron chi connectivity index (χ1n) is 8.22. The summed E-state index contributed by atoms with van der Waals surface area (Å²) in [6, 6.07) is 9.94. The van der Waals surface area contributed by atoms with Crippen molar-refractivity contribution in [1.82, 2.24) is 0 Å². The van der Waals surface area contributed by atoms with Crippen molar-refractivity contribution in [3.63, 3.8) is 0 Å². The molecule has 0 aliphatic heterocycles. The summed E-state index contributed by atoms with van der Waals surface area (Å²) in [5.74, 6) is -0.289. The fraction of sp³-hybridized carbons (Fsp3) is 0.350. The predicted molar refractivity (Wildman–Crippen MR) is 103 cm³/mol. The van der Waals surface area contributed by atoms with E-state index in [1.807, 2.05) is 39.8 Å². The molecular formula is C20H24ClFN2O. The van der Waals surface area contributed by atoms with Gasteiger partial charge in [-0.2, -0.15) is 0 Å². The molecule has 0 saturated heterocycles. The molecule has 0 spiro atoms. The van der Waals surface area contributed by atoms with Crippen molar-refractivity contribution in [3.05, 3.63) is 58.4 Å². The minimum absolute atomic E-state index is 0.0255. The Morgan fingerprint density at radius 1 is 1.12 bits per heavy atom. The topological polar surface area (TPSA) is 41.1 Å². The lowest BCUT2D eigenvalue weighted by atomic mass is 9.92. The first kappa shape index (κ1) is 19.3. The van der Waals surface area contributed by atoms with E-state index < -0.39 is 0 Å². The van der Waals surface area contributed by atoms with Crippen LogP contribution in [0.15, 0.2) is 36.4 Å². The Morgan fingerprint density at radius 2 is 1.76 bits per heavy atom. The Balaban J connectivity index is 2.11. The van der Waals surface area contributed by atoms with Gasteiger partial charge in [-0.05, 0) is 47.7 Å². The normalized spacial score (nSPS) is 11.3. The zero-order chi connectivity index (χ0) is 18.6. The van der Waals surface area contributed by atoms with Gasteiger partial charge in [0.05, 0.1) is 10.7 Å². The van der Waals surface area contributed by atoms with Crippen LogP contribution >= 0.6 is 11.6 Å². The molecule has 0 fully saturated rings. The van der Waals surface area contributed by atoms with Gasteiger partial charge in [0.2, 0.25) is 5.91 Å². The zero-order valence-corrected chi connectivity index (χ0v) is 15.8. The van der Waals surface area contributed by atoms with Crippen LogP contribution in [-0.4, -0.2) is 5.91 Å². The molecule has 2 rings (SSSR count). The van der Waals surface area contributed by atoms with Gasteiger partial charge in [-0.25, -0.2) is 4.39 Å². The molecule has 25 heavy (non-hydrogen) atoms. The fourth-order valence-corrected chi connectivity index (χ4v) is 2.70. The van der Waals surface area contributed by atoms with Crippen LogP contribution in [0.4, 0.5) is 15.8 Å². The predicted octanol–water partition coefficient (Wildman–Crippen LogP) is 5.77. The molecule has 1 amide bonds. The summed E-state index contributed by atoms with van der Waals surface area (Å²) in [5, 5.41) is 6.76. The molecular weight excluding hydrogens is 339 g/mol. The first-order chi connectivity index (χ1) is 11.6. The number of anilines is 2. The van der Waals surface area contributed by atoms with Crippen LogP contribution in [0, 0.1) is 18.2 Å². The molecule has 0 unspecified atom stereocenters. The van der Waals surface area contributed by atoms with E-state index in [1.165, 1.54) is 12.1 Å². The fourth-order valence-electron chi connectivity index (χ4n) is 2.42. The molecule has 0 aliphatic carbocycles. The van der Waals surface area contributed by atoms with Gasteiger partial charge in [0, 0.05) is 18.7 Å². The summed E-state index contributed by atoms with van der Waals surface area (Å²) in [4.78, 5) is 12.2. The highest BCUT2D eigenvalue weighted by atomic mass is 35.5. The maximum absolute atomic E-state index is 13.0. The number of rotatable bonds is 5. The Hall–Kier alpha value is -2.07. The molecule has 2 aromatic carbocycles. The number of halogens is 2. The van der Waals surface area contributed by atoms with E-state index in [0.29, 0.717) is 18.0 Å². The second-order valence-corrected chi connectivity index (χ2v) is 7.82. The minimum atomic E-state index is -0.263. The second-order valence-electron chi connectivity index (χ2n) is 7.41. The van der Waals surface area contributed by atoms with E-state index in [1.54, 1.807) is 12.1 Å². The molecule has 0 saturated carbocycles. The van der Waals surface area contributed by atoms with Crippen LogP contribution in [0.25, 0.3) is 0 Å². The molecule has 3 nitrogen and oxygen atoms in total. The molecule has 5 heteroatoms. The summed E-state index contributed by atoms with van der Waals surface area (Å²) >= 11 is 6.30. The van der Waals surface area contributed by atoms with Gasteiger partial charge in [-0.15, -0.1) is 0 Å². The van der Waals surface area contributed by atoms with E-state index in [0.717, 1.165) is 22.5 Å². The maximum atomic E-state index is 13.0. The molecule has 0 radical (unpaired) electrons. The SMILES string of the molecule is Cc1cc(Cl)c(NCc2ccc(F)cc2)cc1NC(=O)CC(C)(C)C. The van der Waals surface area contributed by atoms with Crippen molar-refractivity contribution in [2.24, 2.45) is 5.41 Å². The monoisotopic (exact) mass is 362 g/mol. The number of carbonyl (C=O) groups is 1. The molecule has 2 aromatic rings. The quantitative estimate of drug-likeness (QED) is 0.708. The zero-order valence-electron chi connectivity index (χ0n) is 15.0. The van der Waals surface area contributed by atoms with E-state index in [9.17, 15) is 9.18 Å². The second kappa shape index (κ2) is 7.87. The molecule has 0 aliphatic rings. The summed E-state index contributed by atoms with van der Waals surface area (Å²) in [6.07, 6.45) is 0.438. The van der Waals surface area contributed by atoms with Crippen molar-refractivity contribution in [3.8, 4) is 0 Å². The molecule has 134 valence electrons. The van der Waals surface area contributed by atoms with Crippen molar-refractivity contribution in [2.75, 3.05) is 10.6 Å². The van der Waals surface area contributed by atoms with Crippen LogP contribution in [0.1, 0.15) is 38.3 Å². The van der Waals surface area contributed by atoms with Crippen LogP contribution in [0.3, 0.4) is 0 Å². The van der Waals surface area contributed by atoms with Crippen molar-refractivity contribution < 1.29 is 9.18 Å². The van der Waals surface area contributed by atoms with Gasteiger partial charge in [0.25, 0.3) is 0 Å². The van der Waals surface area contributed by atoms with E-state index in [-0.39, 0.29) is 17.1 Å². The Bertz CT molecular complexity index is 752. The first-order valence-corrected chi connectivity index (χ1v) is 8.60. The largest absolute Gasteiger partial charge is 0.380 e. The number of benzene rings is 2. The third kappa shape index (κ3) is 6.05. The molecule has 0 bridgehead atoms. The smallest absolute Gasteiger partial charge is 0.224 e. The van der Waals surface area contributed by atoms with E-state index >= 15 is 0 Å². The standard InChI is InChI=1S/C20H24ClFN2O/c1-13-9-16(21)18(23-12-14-5-7-15(22)8-6-14)10-17(13)24-19(25)11-20(2,3)4/h5-10,23H,11-12H2,1-4H3,(H,24,25). The van der Waals surface area contributed by atoms with Gasteiger partial charge >= 0.3 is 0 Å². The number of aryl methyl sites for hydroxylation is 1. The Kier molecular flexibility index (Phi) is 6.07. The Morgan fingerprint density at radius 3 is 2.36 bits per heavy atom. The van der Waals surface area contributed by atoms with Crippen LogP contribution < -0.4 is 10.6 Å². The van der Waals surface area contributed by atoms with Crippen LogP contribution in [-0.2, 0) is 11.3 Å². The Labute approximate surface area is 153 Å².